The monoisotopic (exact) mass is 426 g/mol. The van der Waals surface area contributed by atoms with Crippen molar-refractivity contribution in [2.75, 3.05) is 10.6 Å². The molecule has 0 fully saturated rings. The first-order valence-electron chi connectivity index (χ1n) is 10.9. The zero-order valence-electron chi connectivity index (χ0n) is 18.1. The van der Waals surface area contributed by atoms with E-state index < -0.39 is 0 Å². The second-order valence-electron chi connectivity index (χ2n) is 8.74. The highest BCUT2D eigenvalue weighted by Crippen LogP contribution is 2.52. The first kappa shape index (κ1) is 20.2. The molecule has 1 aliphatic carbocycles. The fourth-order valence-corrected chi connectivity index (χ4v) is 4.93. The Labute approximate surface area is 187 Å². The lowest BCUT2D eigenvalue weighted by molar-refractivity contribution is 0.102. The minimum atomic E-state index is -0.182. The molecule has 5 rings (SSSR count). The Morgan fingerprint density at radius 1 is 1.00 bits per heavy atom. The van der Waals surface area contributed by atoms with E-state index in [1.807, 2.05) is 44.2 Å². The van der Waals surface area contributed by atoms with Crippen molar-refractivity contribution in [2.45, 2.75) is 32.2 Å². The molecule has 1 amide bonds. The number of rotatable bonds is 3. The number of para-hydroxylation sites is 1. The number of aryl methyl sites for hydroxylation is 2. The maximum atomic E-state index is 13.3. The lowest BCUT2D eigenvalue weighted by Gasteiger charge is -2.38. The summed E-state index contributed by atoms with van der Waals surface area (Å²) in [5, 5.41) is 26.9. The Bertz CT molecular complexity index is 1250. The molecule has 5 heteroatoms. The lowest BCUT2D eigenvalue weighted by atomic mass is 9.76. The normalized spacial score (nSPS) is 20.9. The molecule has 0 spiro atoms. The van der Waals surface area contributed by atoms with E-state index in [9.17, 15) is 15.0 Å². The van der Waals surface area contributed by atoms with E-state index in [2.05, 4.69) is 28.9 Å². The molecule has 0 bridgehead atoms. The van der Waals surface area contributed by atoms with Crippen molar-refractivity contribution in [3.63, 3.8) is 0 Å². The number of carbonyl (C=O) groups excluding carboxylic acids is 1. The van der Waals surface area contributed by atoms with E-state index in [1.54, 1.807) is 12.1 Å². The summed E-state index contributed by atoms with van der Waals surface area (Å²) in [6.07, 6.45) is 5.24. The molecule has 0 saturated heterocycles. The van der Waals surface area contributed by atoms with Crippen LogP contribution in [0.5, 0.6) is 11.5 Å². The third-order valence-corrected chi connectivity index (χ3v) is 6.76. The van der Waals surface area contributed by atoms with Crippen molar-refractivity contribution >= 4 is 17.3 Å². The van der Waals surface area contributed by atoms with Crippen LogP contribution in [0.2, 0.25) is 0 Å². The topological polar surface area (TPSA) is 81.6 Å². The second-order valence-corrected chi connectivity index (χ2v) is 8.74. The molecule has 3 aromatic carbocycles. The Morgan fingerprint density at radius 2 is 1.84 bits per heavy atom. The smallest absolute Gasteiger partial charge is 0.257 e. The van der Waals surface area contributed by atoms with Gasteiger partial charge in [0.25, 0.3) is 5.91 Å². The SMILES string of the molecule is Cc1ccc(NC(=O)c2cccc3c2NC(c2ccc(O)cc2O)C2CC=CC32)cc1C. The van der Waals surface area contributed by atoms with Gasteiger partial charge in [-0.15, -0.1) is 0 Å². The maximum Gasteiger partial charge on any atom is 0.257 e. The molecule has 3 aromatic rings. The standard InChI is InChI=1S/C27H26N2O3/c1-15-9-10-17(13-16(15)2)28-27(32)23-8-4-7-21-19-5-3-6-20(19)25(29-26(21)23)22-12-11-18(30)14-24(22)31/h3-5,7-14,19-20,25,29-31H,6H2,1-2H3,(H,28,32). The second kappa shape index (κ2) is 7.75. The third kappa shape index (κ3) is 3.40. The van der Waals surface area contributed by atoms with Gasteiger partial charge in [0.2, 0.25) is 0 Å². The van der Waals surface area contributed by atoms with Gasteiger partial charge in [-0.25, -0.2) is 0 Å². The number of fused-ring (bicyclic) bond motifs is 3. The van der Waals surface area contributed by atoms with Crippen molar-refractivity contribution in [1.29, 1.82) is 0 Å². The number of anilines is 2. The largest absolute Gasteiger partial charge is 0.508 e. The highest BCUT2D eigenvalue weighted by molar-refractivity contribution is 6.08. The van der Waals surface area contributed by atoms with Gasteiger partial charge in [0.05, 0.1) is 17.3 Å². The van der Waals surface area contributed by atoms with Crippen LogP contribution in [0, 0.1) is 19.8 Å². The molecule has 3 atom stereocenters. The van der Waals surface area contributed by atoms with Crippen LogP contribution in [0.4, 0.5) is 11.4 Å². The Hall–Kier alpha value is -3.73. The fourth-order valence-electron chi connectivity index (χ4n) is 4.93. The average molecular weight is 427 g/mol. The van der Waals surface area contributed by atoms with E-state index in [0.29, 0.717) is 5.56 Å². The Morgan fingerprint density at radius 3 is 2.62 bits per heavy atom. The first-order chi connectivity index (χ1) is 15.4. The predicted octanol–water partition coefficient (Wildman–Crippen LogP) is 5.79. The van der Waals surface area contributed by atoms with Crippen molar-refractivity contribution in [1.82, 2.24) is 0 Å². The van der Waals surface area contributed by atoms with Gasteiger partial charge in [-0.2, -0.15) is 0 Å². The molecule has 3 unspecified atom stereocenters. The maximum absolute atomic E-state index is 13.3. The number of allylic oxidation sites excluding steroid dienone is 2. The number of hydrogen-bond donors (Lipinski definition) is 4. The summed E-state index contributed by atoms with van der Waals surface area (Å²) in [6.45, 7) is 4.07. The van der Waals surface area contributed by atoms with Gasteiger partial charge >= 0.3 is 0 Å². The lowest BCUT2D eigenvalue weighted by Crippen LogP contribution is -2.31. The van der Waals surface area contributed by atoms with E-state index in [4.69, 9.17) is 0 Å². The van der Waals surface area contributed by atoms with Crippen LogP contribution in [0.15, 0.2) is 66.7 Å². The van der Waals surface area contributed by atoms with Gasteiger partial charge in [0, 0.05) is 23.2 Å². The molecule has 0 aromatic heterocycles. The highest BCUT2D eigenvalue weighted by atomic mass is 16.3. The Balaban J connectivity index is 1.53. The summed E-state index contributed by atoms with van der Waals surface area (Å²) in [4.78, 5) is 13.3. The van der Waals surface area contributed by atoms with Crippen molar-refractivity contribution in [3.8, 4) is 11.5 Å². The number of benzene rings is 3. The Kier molecular flexibility index (Phi) is 4.89. The fraction of sp³-hybridized carbons (Fsp3) is 0.222. The average Bonchev–Trinajstić information content (AvgIpc) is 3.26. The molecule has 4 N–H and O–H groups in total. The van der Waals surface area contributed by atoms with Gasteiger partial charge in [-0.05, 0) is 73.2 Å². The van der Waals surface area contributed by atoms with E-state index in [-0.39, 0.29) is 35.3 Å². The van der Waals surface area contributed by atoms with Crippen molar-refractivity contribution < 1.29 is 15.0 Å². The van der Waals surface area contributed by atoms with Crippen LogP contribution in [0.25, 0.3) is 0 Å². The molecule has 32 heavy (non-hydrogen) atoms. The molecule has 0 radical (unpaired) electrons. The molecule has 1 heterocycles. The number of carbonyl (C=O) groups is 1. The van der Waals surface area contributed by atoms with E-state index in [0.717, 1.165) is 34.5 Å². The third-order valence-electron chi connectivity index (χ3n) is 6.76. The quantitative estimate of drug-likeness (QED) is 0.399. The molecular weight excluding hydrogens is 400 g/mol. The van der Waals surface area contributed by atoms with E-state index in [1.165, 1.54) is 11.6 Å². The van der Waals surface area contributed by atoms with Crippen LogP contribution in [0.1, 0.15) is 51.0 Å². The van der Waals surface area contributed by atoms with Crippen LogP contribution in [-0.4, -0.2) is 16.1 Å². The summed E-state index contributed by atoms with van der Waals surface area (Å²) < 4.78 is 0. The van der Waals surface area contributed by atoms with E-state index >= 15 is 0 Å². The summed E-state index contributed by atoms with van der Waals surface area (Å²) in [7, 11) is 0. The van der Waals surface area contributed by atoms with Crippen LogP contribution >= 0.6 is 0 Å². The van der Waals surface area contributed by atoms with Gasteiger partial charge in [0.15, 0.2) is 0 Å². The number of nitrogens with one attached hydrogen (secondary N) is 2. The van der Waals surface area contributed by atoms with Crippen molar-refractivity contribution in [3.05, 3.63) is 94.6 Å². The molecule has 0 saturated carbocycles. The van der Waals surface area contributed by atoms with Crippen LogP contribution in [0.3, 0.4) is 0 Å². The molecular formula is C27H26N2O3. The number of amides is 1. The van der Waals surface area contributed by atoms with Gasteiger partial charge in [0.1, 0.15) is 11.5 Å². The minimum Gasteiger partial charge on any atom is -0.508 e. The zero-order chi connectivity index (χ0) is 22.4. The molecule has 162 valence electrons. The molecule has 5 nitrogen and oxygen atoms in total. The zero-order valence-corrected chi connectivity index (χ0v) is 18.1. The van der Waals surface area contributed by atoms with Crippen molar-refractivity contribution in [2.24, 2.45) is 5.92 Å². The first-order valence-corrected chi connectivity index (χ1v) is 10.9. The van der Waals surface area contributed by atoms with Gasteiger partial charge < -0.3 is 20.8 Å². The number of aromatic hydroxyl groups is 2. The van der Waals surface area contributed by atoms with Crippen LogP contribution in [-0.2, 0) is 0 Å². The number of hydrogen-bond acceptors (Lipinski definition) is 4. The van der Waals surface area contributed by atoms with Gasteiger partial charge in [-0.3, -0.25) is 4.79 Å². The number of phenols is 2. The molecule has 1 aliphatic heterocycles. The minimum absolute atomic E-state index is 0.0250. The van der Waals surface area contributed by atoms with Gasteiger partial charge in [-0.1, -0.05) is 30.4 Å². The van der Waals surface area contributed by atoms with Crippen LogP contribution < -0.4 is 10.6 Å². The summed E-state index contributed by atoms with van der Waals surface area (Å²) >= 11 is 0. The summed E-state index contributed by atoms with van der Waals surface area (Å²) in [6, 6.07) is 16.2. The number of phenolic OH excluding ortho intramolecular Hbond substituents is 2. The molecule has 2 aliphatic rings. The summed E-state index contributed by atoms with van der Waals surface area (Å²) in [5.74, 6) is 0.271. The highest BCUT2D eigenvalue weighted by Gasteiger charge is 2.40. The summed E-state index contributed by atoms with van der Waals surface area (Å²) in [5.41, 5.74) is 6.23. The predicted molar refractivity (Wildman–Crippen MR) is 126 cm³/mol.